The third-order valence-corrected chi connectivity index (χ3v) is 3.96. The normalized spacial score (nSPS) is 18.3. The van der Waals surface area contributed by atoms with Crippen molar-refractivity contribution in [2.45, 2.75) is 12.5 Å². The predicted molar refractivity (Wildman–Crippen MR) is 69.4 cm³/mol. The van der Waals surface area contributed by atoms with E-state index in [2.05, 4.69) is 5.32 Å². The van der Waals surface area contributed by atoms with Crippen LogP contribution in [-0.2, 0) is 0 Å². The number of carboxylic acid groups (broad SMARTS) is 1. The quantitative estimate of drug-likeness (QED) is 0.652. The Morgan fingerprint density at radius 3 is 2.84 bits per heavy atom. The van der Waals surface area contributed by atoms with Gasteiger partial charge in [0.1, 0.15) is 17.1 Å². The van der Waals surface area contributed by atoms with Crippen LogP contribution < -0.4 is 5.32 Å². The smallest absolute Gasteiger partial charge is 0.338 e. The second-order valence-corrected chi connectivity index (χ2v) is 5.27. The van der Waals surface area contributed by atoms with Crippen LogP contribution in [0.1, 0.15) is 16.8 Å². The molecule has 19 heavy (non-hydrogen) atoms. The monoisotopic (exact) mass is 286 g/mol. The maximum absolute atomic E-state index is 13.6. The lowest BCUT2D eigenvalue weighted by Gasteiger charge is -2.13. The van der Waals surface area contributed by atoms with Gasteiger partial charge in [-0.15, -0.1) is 0 Å². The van der Waals surface area contributed by atoms with Crippen LogP contribution in [0.3, 0.4) is 0 Å². The largest absolute Gasteiger partial charge is 0.478 e. The summed E-state index contributed by atoms with van der Waals surface area (Å²) in [6.07, 6.45) is 0.837. The first-order chi connectivity index (χ1) is 8.99. The van der Waals surface area contributed by atoms with E-state index in [4.69, 9.17) is 5.11 Å². The van der Waals surface area contributed by atoms with E-state index in [-0.39, 0.29) is 11.7 Å². The number of carbonyl (C=O) groups is 1. The third kappa shape index (κ3) is 2.95. The first kappa shape index (κ1) is 13.6. The lowest BCUT2D eigenvalue weighted by molar-refractivity contribution is -0.384. The fraction of sp³-hybridized carbons (Fsp3) is 0.364. The SMILES string of the molecule is O=C(O)c1cc([N+](=O)[O-])c(NC2CCSC2)cc1F. The van der Waals surface area contributed by atoms with Crippen molar-refractivity contribution >= 4 is 29.1 Å². The number of nitrogens with zero attached hydrogens (tertiary/aromatic N) is 1. The van der Waals surface area contributed by atoms with E-state index in [9.17, 15) is 19.3 Å². The molecule has 0 radical (unpaired) electrons. The summed E-state index contributed by atoms with van der Waals surface area (Å²) < 4.78 is 13.6. The lowest BCUT2D eigenvalue weighted by atomic mass is 10.1. The molecule has 2 rings (SSSR count). The van der Waals surface area contributed by atoms with E-state index in [0.29, 0.717) is 0 Å². The molecule has 1 atom stereocenters. The molecule has 1 aromatic rings. The van der Waals surface area contributed by atoms with Gasteiger partial charge in [0.05, 0.1) is 4.92 Å². The maximum atomic E-state index is 13.6. The predicted octanol–water partition coefficient (Wildman–Crippen LogP) is 2.35. The second kappa shape index (κ2) is 5.43. The van der Waals surface area contributed by atoms with Crippen LogP contribution in [0.4, 0.5) is 15.8 Å². The van der Waals surface area contributed by atoms with Crippen LogP contribution in [0.15, 0.2) is 12.1 Å². The summed E-state index contributed by atoms with van der Waals surface area (Å²) in [5, 5.41) is 22.6. The van der Waals surface area contributed by atoms with E-state index < -0.39 is 28.0 Å². The Hall–Kier alpha value is -1.83. The molecule has 0 bridgehead atoms. The summed E-state index contributed by atoms with van der Waals surface area (Å²) >= 11 is 1.71. The van der Waals surface area contributed by atoms with E-state index in [0.717, 1.165) is 30.1 Å². The molecule has 0 aromatic heterocycles. The van der Waals surface area contributed by atoms with Crippen LogP contribution in [0.5, 0.6) is 0 Å². The summed E-state index contributed by atoms with van der Waals surface area (Å²) in [6, 6.07) is 1.67. The van der Waals surface area contributed by atoms with E-state index in [1.165, 1.54) is 0 Å². The molecular weight excluding hydrogens is 275 g/mol. The molecule has 1 heterocycles. The molecule has 2 N–H and O–H groups in total. The molecule has 8 heteroatoms. The molecular formula is C11H11FN2O4S. The number of nitro benzene ring substituents is 1. The molecule has 1 saturated heterocycles. The van der Waals surface area contributed by atoms with Crippen LogP contribution in [0, 0.1) is 15.9 Å². The summed E-state index contributed by atoms with van der Waals surface area (Å²) in [5.41, 5.74) is -1.09. The van der Waals surface area contributed by atoms with E-state index in [1.807, 2.05) is 0 Å². The highest BCUT2D eigenvalue weighted by Crippen LogP contribution is 2.30. The van der Waals surface area contributed by atoms with Gasteiger partial charge in [-0.1, -0.05) is 0 Å². The fourth-order valence-electron chi connectivity index (χ4n) is 1.86. The minimum absolute atomic E-state index is 0.0278. The topological polar surface area (TPSA) is 92.5 Å². The van der Waals surface area contributed by atoms with Gasteiger partial charge in [0.2, 0.25) is 0 Å². The Balaban J connectivity index is 2.38. The first-order valence-corrected chi connectivity index (χ1v) is 6.70. The number of carboxylic acids is 1. The van der Waals surface area contributed by atoms with Crippen LogP contribution in [0.2, 0.25) is 0 Å². The molecule has 0 aliphatic carbocycles. The number of benzene rings is 1. The Bertz CT molecular complexity index is 532. The van der Waals surface area contributed by atoms with Crippen molar-refractivity contribution < 1.29 is 19.2 Å². The molecule has 1 unspecified atom stereocenters. The van der Waals surface area contributed by atoms with Crippen molar-refractivity contribution in [2.24, 2.45) is 0 Å². The van der Waals surface area contributed by atoms with Crippen molar-refractivity contribution in [3.63, 3.8) is 0 Å². The number of nitrogens with one attached hydrogen (secondary N) is 1. The minimum atomic E-state index is -1.52. The van der Waals surface area contributed by atoms with Gasteiger partial charge in [0.25, 0.3) is 5.69 Å². The van der Waals surface area contributed by atoms with Crippen molar-refractivity contribution in [1.29, 1.82) is 0 Å². The standard InChI is InChI=1S/C11H11FN2O4S/c12-8-4-9(13-6-1-2-19-5-6)10(14(17)18)3-7(8)11(15)16/h3-4,6,13H,1-2,5H2,(H,15,16). The Morgan fingerprint density at radius 2 is 2.32 bits per heavy atom. The second-order valence-electron chi connectivity index (χ2n) is 4.12. The number of hydrogen-bond acceptors (Lipinski definition) is 5. The van der Waals surface area contributed by atoms with Gasteiger partial charge in [-0.3, -0.25) is 10.1 Å². The molecule has 1 aromatic carbocycles. The summed E-state index contributed by atoms with van der Waals surface area (Å²) in [4.78, 5) is 21.0. The number of hydrogen-bond donors (Lipinski definition) is 2. The highest BCUT2D eigenvalue weighted by atomic mass is 32.2. The molecule has 102 valence electrons. The lowest BCUT2D eigenvalue weighted by Crippen LogP contribution is -2.19. The molecule has 1 aliphatic heterocycles. The Morgan fingerprint density at radius 1 is 1.58 bits per heavy atom. The average molecular weight is 286 g/mol. The van der Waals surface area contributed by atoms with Gasteiger partial charge in [-0.25, -0.2) is 9.18 Å². The van der Waals surface area contributed by atoms with Gasteiger partial charge in [0, 0.05) is 23.9 Å². The number of anilines is 1. The van der Waals surface area contributed by atoms with Crippen molar-refractivity contribution in [1.82, 2.24) is 0 Å². The van der Waals surface area contributed by atoms with Gasteiger partial charge in [-0.05, 0) is 12.2 Å². The number of aromatic carboxylic acids is 1. The highest BCUT2D eigenvalue weighted by Gasteiger charge is 2.24. The molecule has 6 nitrogen and oxygen atoms in total. The Labute approximate surface area is 112 Å². The minimum Gasteiger partial charge on any atom is -0.478 e. The first-order valence-electron chi connectivity index (χ1n) is 5.54. The summed E-state index contributed by atoms with van der Waals surface area (Å²) in [7, 11) is 0. The number of halogens is 1. The molecule has 1 fully saturated rings. The molecule has 0 saturated carbocycles. The summed E-state index contributed by atoms with van der Waals surface area (Å²) in [5.74, 6) is -0.768. The number of rotatable bonds is 4. The Kier molecular flexibility index (Phi) is 3.89. The zero-order valence-corrected chi connectivity index (χ0v) is 10.6. The van der Waals surface area contributed by atoms with Gasteiger partial charge in [0.15, 0.2) is 0 Å². The van der Waals surface area contributed by atoms with Crippen LogP contribution in [-0.4, -0.2) is 33.5 Å². The fourth-order valence-corrected chi connectivity index (χ4v) is 3.01. The molecule has 1 aliphatic rings. The van der Waals surface area contributed by atoms with Crippen molar-refractivity contribution in [2.75, 3.05) is 16.8 Å². The number of nitro groups is 1. The third-order valence-electron chi connectivity index (χ3n) is 2.80. The zero-order valence-electron chi connectivity index (χ0n) is 9.76. The van der Waals surface area contributed by atoms with Crippen LogP contribution in [0.25, 0.3) is 0 Å². The number of thioether (sulfide) groups is 1. The van der Waals surface area contributed by atoms with Gasteiger partial charge < -0.3 is 10.4 Å². The highest BCUT2D eigenvalue weighted by molar-refractivity contribution is 7.99. The molecule has 0 spiro atoms. The maximum Gasteiger partial charge on any atom is 0.338 e. The molecule has 0 amide bonds. The average Bonchev–Trinajstić information content (AvgIpc) is 2.81. The summed E-state index contributed by atoms with van der Waals surface area (Å²) in [6.45, 7) is 0. The van der Waals surface area contributed by atoms with Crippen molar-refractivity contribution in [3.8, 4) is 0 Å². The van der Waals surface area contributed by atoms with Crippen LogP contribution >= 0.6 is 11.8 Å². The van der Waals surface area contributed by atoms with Crippen molar-refractivity contribution in [3.05, 3.63) is 33.6 Å². The van der Waals surface area contributed by atoms with Gasteiger partial charge in [-0.2, -0.15) is 11.8 Å². The van der Waals surface area contributed by atoms with E-state index in [1.54, 1.807) is 11.8 Å². The van der Waals surface area contributed by atoms with E-state index >= 15 is 0 Å². The van der Waals surface area contributed by atoms with Gasteiger partial charge >= 0.3 is 5.97 Å². The zero-order chi connectivity index (χ0) is 14.0.